The Hall–Kier alpha value is -4.00. The van der Waals surface area contributed by atoms with Gasteiger partial charge in [-0.15, -0.1) is 0 Å². The van der Waals surface area contributed by atoms with Gasteiger partial charge in [0.15, 0.2) is 0 Å². The van der Waals surface area contributed by atoms with Crippen LogP contribution in [-0.2, 0) is 16.0 Å². The van der Waals surface area contributed by atoms with Crippen molar-refractivity contribution in [1.82, 2.24) is 4.90 Å². The molecule has 2 amide bonds. The number of ether oxygens (including phenoxy) is 2. The smallest absolute Gasteiger partial charge is 0.243 e. The van der Waals surface area contributed by atoms with E-state index in [-0.39, 0.29) is 18.4 Å². The predicted molar refractivity (Wildman–Crippen MR) is 134 cm³/mol. The van der Waals surface area contributed by atoms with Gasteiger partial charge in [0.25, 0.3) is 0 Å². The first-order valence-electron chi connectivity index (χ1n) is 11.2. The molecule has 0 bridgehead atoms. The first-order valence-corrected chi connectivity index (χ1v) is 11.2. The molecule has 0 saturated carbocycles. The van der Waals surface area contributed by atoms with Gasteiger partial charge < -0.3 is 25.0 Å². The Morgan fingerprint density at radius 2 is 1.50 bits per heavy atom. The van der Waals surface area contributed by atoms with Crippen LogP contribution in [0.25, 0.3) is 0 Å². The van der Waals surface area contributed by atoms with E-state index in [1.807, 2.05) is 78.9 Å². The number of amides is 2. The van der Waals surface area contributed by atoms with Crippen LogP contribution < -0.4 is 20.1 Å². The average molecular weight is 462 g/mol. The summed E-state index contributed by atoms with van der Waals surface area (Å²) in [6.45, 7) is 0.893. The summed E-state index contributed by atoms with van der Waals surface area (Å²) >= 11 is 0. The van der Waals surface area contributed by atoms with Gasteiger partial charge in [-0.2, -0.15) is 0 Å². The van der Waals surface area contributed by atoms with Crippen molar-refractivity contribution in [2.45, 2.75) is 12.8 Å². The van der Waals surface area contributed by atoms with E-state index in [9.17, 15) is 9.59 Å². The summed E-state index contributed by atoms with van der Waals surface area (Å²) in [6.07, 6.45) is 1.13. The molecule has 3 aromatic rings. The number of nitrogens with one attached hydrogen (secondary N) is 2. The lowest BCUT2D eigenvalue weighted by molar-refractivity contribution is -0.128. The van der Waals surface area contributed by atoms with Gasteiger partial charge in [-0.3, -0.25) is 9.59 Å². The molecule has 0 heterocycles. The van der Waals surface area contributed by atoms with Crippen LogP contribution in [0.4, 0.5) is 11.4 Å². The molecule has 0 unspecified atom stereocenters. The van der Waals surface area contributed by atoms with Crippen LogP contribution in [0.3, 0.4) is 0 Å². The fraction of sp³-hybridized carbons (Fsp3) is 0.259. The lowest BCUT2D eigenvalue weighted by Gasteiger charge is -2.14. The Morgan fingerprint density at radius 3 is 2.24 bits per heavy atom. The van der Waals surface area contributed by atoms with E-state index in [2.05, 4.69) is 10.6 Å². The van der Waals surface area contributed by atoms with Gasteiger partial charge in [0.2, 0.25) is 11.8 Å². The molecule has 0 radical (unpaired) electrons. The van der Waals surface area contributed by atoms with Gasteiger partial charge in [-0.05, 0) is 48.4 Å². The van der Waals surface area contributed by atoms with E-state index in [4.69, 9.17) is 9.47 Å². The summed E-state index contributed by atoms with van der Waals surface area (Å²) in [5, 5.41) is 6.00. The number of carbonyl (C=O) groups excluding carboxylic acids is 2. The van der Waals surface area contributed by atoms with Crippen LogP contribution in [-0.4, -0.2) is 50.6 Å². The standard InChI is InChI=1S/C27H31N3O4/c1-30(2)27(32)17-14-21-12-15-22(16-13-21)29-26(31)20-28-24-10-6-7-11-25(24)34-19-18-33-23-8-4-3-5-9-23/h3-13,15-16,28H,14,17-20H2,1-2H3,(H,29,31). The molecule has 3 aromatic carbocycles. The Morgan fingerprint density at radius 1 is 0.824 bits per heavy atom. The minimum atomic E-state index is -0.169. The molecule has 0 aromatic heterocycles. The van der Waals surface area contributed by atoms with Crippen molar-refractivity contribution >= 4 is 23.2 Å². The van der Waals surface area contributed by atoms with E-state index in [0.717, 1.165) is 17.0 Å². The minimum Gasteiger partial charge on any atom is -0.490 e. The number of aryl methyl sites for hydroxylation is 1. The largest absolute Gasteiger partial charge is 0.490 e. The zero-order valence-corrected chi connectivity index (χ0v) is 19.6. The second-order valence-electron chi connectivity index (χ2n) is 7.89. The van der Waals surface area contributed by atoms with Crippen molar-refractivity contribution in [3.8, 4) is 11.5 Å². The first-order chi connectivity index (χ1) is 16.5. The van der Waals surface area contributed by atoms with E-state index in [0.29, 0.717) is 37.5 Å². The number of hydrogen-bond acceptors (Lipinski definition) is 5. The van der Waals surface area contributed by atoms with Crippen molar-refractivity contribution in [2.75, 3.05) is 44.5 Å². The third kappa shape index (κ3) is 8.16. The summed E-state index contributed by atoms with van der Waals surface area (Å²) in [6, 6.07) is 24.6. The van der Waals surface area contributed by atoms with Crippen molar-refractivity contribution in [3.63, 3.8) is 0 Å². The lowest BCUT2D eigenvalue weighted by atomic mass is 10.1. The van der Waals surface area contributed by atoms with E-state index >= 15 is 0 Å². The number of anilines is 2. The maximum atomic E-state index is 12.4. The van der Waals surface area contributed by atoms with Crippen molar-refractivity contribution in [2.24, 2.45) is 0 Å². The number of benzene rings is 3. The molecule has 0 atom stereocenters. The number of nitrogens with zero attached hydrogens (tertiary/aromatic N) is 1. The van der Waals surface area contributed by atoms with Gasteiger partial charge in [0.1, 0.15) is 24.7 Å². The molecule has 34 heavy (non-hydrogen) atoms. The molecule has 2 N–H and O–H groups in total. The maximum absolute atomic E-state index is 12.4. The van der Waals surface area contributed by atoms with Gasteiger partial charge in [-0.25, -0.2) is 0 Å². The van der Waals surface area contributed by atoms with Crippen molar-refractivity contribution in [3.05, 3.63) is 84.4 Å². The molecule has 3 rings (SSSR count). The lowest BCUT2D eigenvalue weighted by Crippen LogP contribution is -2.22. The second-order valence-corrected chi connectivity index (χ2v) is 7.89. The molecule has 0 aliphatic heterocycles. The third-order valence-corrected chi connectivity index (χ3v) is 5.04. The molecule has 0 saturated heterocycles. The van der Waals surface area contributed by atoms with Crippen LogP contribution in [0.5, 0.6) is 11.5 Å². The summed E-state index contributed by atoms with van der Waals surface area (Å²) < 4.78 is 11.5. The molecule has 0 spiro atoms. The molecule has 7 nitrogen and oxygen atoms in total. The highest BCUT2D eigenvalue weighted by Crippen LogP contribution is 2.23. The SMILES string of the molecule is CN(C)C(=O)CCc1ccc(NC(=O)CNc2ccccc2OCCOc2ccccc2)cc1. The molecule has 0 aliphatic rings. The van der Waals surface area contributed by atoms with Crippen LogP contribution >= 0.6 is 0 Å². The highest BCUT2D eigenvalue weighted by molar-refractivity contribution is 5.94. The minimum absolute atomic E-state index is 0.0939. The Labute approximate surface area is 200 Å². The van der Waals surface area contributed by atoms with E-state index in [1.54, 1.807) is 19.0 Å². The number of carbonyl (C=O) groups is 2. The predicted octanol–water partition coefficient (Wildman–Crippen LogP) is 4.22. The Kier molecular flexibility index (Phi) is 9.34. The molecule has 0 fully saturated rings. The highest BCUT2D eigenvalue weighted by Gasteiger charge is 2.08. The van der Waals surface area contributed by atoms with Crippen LogP contribution in [0, 0.1) is 0 Å². The van der Waals surface area contributed by atoms with Gasteiger partial charge in [0, 0.05) is 26.2 Å². The van der Waals surface area contributed by atoms with Gasteiger partial charge in [-0.1, -0.05) is 42.5 Å². The summed E-state index contributed by atoms with van der Waals surface area (Å²) in [5.74, 6) is 1.38. The summed E-state index contributed by atoms with van der Waals surface area (Å²) in [5.41, 5.74) is 2.49. The Balaban J connectivity index is 1.42. The third-order valence-electron chi connectivity index (χ3n) is 5.04. The van der Waals surface area contributed by atoms with Gasteiger partial charge in [0.05, 0.1) is 12.2 Å². The monoisotopic (exact) mass is 461 g/mol. The first kappa shape index (κ1) is 24.6. The average Bonchev–Trinajstić information content (AvgIpc) is 2.86. The van der Waals surface area contributed by atoms with Crippen molar-refractivity contribution < 1.29 is 19.1 Å². The fourth-order valence-electron chi connectivity index (χ4n) is 3.18. The zero-order valence-electron chi connectivity index (χ0n) is 19.6. The van der Waals surface area contributed by atoms with Crippen LogP contribution in [0.2, 0.25) is 0 Å². The summed E-state index contributed by atoms with van der Waals surface area (Å²) in [4.78, 5) is 25.7. The summed E-state index contributed by atoms with van der Waals surface area (Å²) in [7, 11) is 3.50. The fourth-order valence-corrected chi connectivity index (χ4v) is 3.18. The Bertz CT molecular complexity index is 1050. The number of rotatable bonds is 12. The number of para-hydroxylation sites is 3. The van der Waals surface area contributed by atoms with Crippen molar-refractivity contribution in [1.29, 1.82) is 0 Å². The second kappa shape index (κ2) is 12.9. The molecular weight excluding hydrogens is 430 g/mol. The molecule has 0 aliphatic carbocycles. The molecular formula is C27H31N3O4. The van der Waals surface area contributed by atoms with E-state index < -0.39 is 0 Å². The molecule has 178 valence electrons. The normalized spacial score (nSPS) is 10.3. The maximum Gasteiger partial charge on any atom is 0.243 e. The van der Waals surface area contributed by atoms with Crippen LogP contribution in [0.15, 0.2) is 78.9 Å². The van der Waals surface area contributed by atoms with Crippen LogP contribution in [0.1, 0.15) is 12.0 Å². The quantitative estimate of drug-likeness (QED) is 0.395. The highest BCUT2D eigenvalue weighted by atomic mass is 16.5. The number of hydrogen-bond donors (Lipinski definition) is 2. The van der Waals surface area contributed by atoms with E-state index in [1.165, 1.54) is 0 Å². The van der Waals surface area contributed by atoms with Gasteiger partial charge >= 0.3 is 0 Å². The topological polar surface area (TPSA) is 79.9 Å². The molecule has 7 heteroatoms. The zero-order chi connectivity index (χ0) is 24.2.